The number of nitrogens with zero attached hydrogens (tertiary/aromatic N) is 1. The molecule has 30 heavy (non-hydrogen) atoms. The number of sulfone groups is 1. The van der Waals surface area contributed by atoms with Crippen LogP contribution in [0, 0.1) is 0 Å². The zero-order chi connectivity index (χ0) is 22.2. The molecule has 2 rings (SSSR count). The Morgan fingerprint density at radius 3 is 2.37 bits per heavy atom. The van der Waals surface area contributed by atoms with E-state index in [1.54, 1.807) is 13.8 Å². The number of carbonyl (C=O) groups is 1. The molecule has 1 aromatic carbocycles. The molecule has 1 saturated heterocycles. The summed E-state index contributed by atoms with van der Waals surface area (Å²) >= 11 is 0. The third-order valence-electron chi connectivity index (χ3n) is 6.34. The fourth-order valence-electron chi connectivity index (χ4n) is 3.92. The molecule has 1 heterocycles. The van der Waals surface area contributed by atoms with Crippen LogP contribution in [0.15, 0.2) is 24.3 Å². The Bertz CT molecular complexity index is 767. The van der Waals surface area contributed by atoms with Gasteiger partial charge in [0.1, 0.15) is 5.78 Å². The molecule has 0 spiro atoms. The highest BCUT2D eigenvalue weighted by molar-refractivity contribution is 7.91. The van der Waals surface area contributed by atoms with Gasteiger partial charge in [0.15, 0.2) is 9.84 Å². The van der Waals surface area contributed by atoms with Crippen LogP contribution >= 0.6 is 0 Å². The fourth-order valence-corrected chi connectivity index (χ4v) is 5.00. The van der Waals surface area contributed by atoms with Crippen LogP contribution in [0.2, 0.25) is 0 Å². The van der Waals surface area contributed by atoms with E-state index in [0.717, 1.165) is 50.9 Å². The minimum absolute atomic E-state index is 0.0542. The Hall–Kier alpha value is -1.40. The number of carbonyl (C=O) groups excluding carboxylic acids is 1. The highest BCUT2D eigenvalue weighted by Gasteiger charge is 2.33. The van der Waals surface area contributed by atoms with Gasteiger partial charge in [-0.1, -0.05) is 32.4 Å². The first-order chi connectivity index (χ1) is 14.2. The molecule has 0 amide bonds. The van der Waals surface area contributed by atoms with Crippen molar-refractivity contribution in [2.75, 3.05) is 30.3 Å². The maximum absolute atomic E-state index is 12.3. The molecule has 0 unspecified atom stereocenters. The van der Waals surface area contributed by atoms with E-state index in [2.05, 4.69) is 43.0 Å². The average Bonchev–Trinajstić information content (AvgIpc) is 2.73. The number of Topliss-reactive ketones (excluding diaryl/α,β-unsaturated/α-hetero) is 1. The maximum Gasteiger partial charge on any atom is 0.152 e. The molecule has 0 atom stereocenters. The summed E-state index contributed by atoms with van der Waals surface area (Å²) in [5.41, 5.74) is 2.17. The summed E-state index contributed by atoms with van der Waals surface area (Å²) in [4.78, 5) is 14.7. The number of morpholine rings is 1. The second-order valence-electron chi connectivity index (χ2n) is 8.77. The van der Waals surface area contributed by atoms with Crippen LogP contribution in [0.4, 0.5) is 5.69 Å². The Labute approximate surface area is 183 Å². The number of ketones is 1. The number of ether oxygens (including phenoxy) is 1. The highest BCUT2D eigenvalue weighted by atomic mass is 32.2. The molecular formula is C24H39NO4S. The van der Waals surface area contributed by atoms with E-state index in [1.165, 1.54) is 5.69 Å². The van der Waals surface area contributed by atoms with Crippen molar-refractivity contribution in [1.82, 2.24) is 0 Å². The minimum atomic E-state index is -2.97. The maximum atomic E-state index is 12.3. The average molecular weight is 438 g/mol. The number of hydrogen-bond acceptors (Lipinski definition) is 5. The van der Waals surface area contributed by atoms with Crippen LogP contribution < -0.4 is 4.90 Å². The highest BCUT2D eigenvalue weighted by Crippen LogP contribution is 2.29. The number of anilines is 1. The second kappa shape index (κ2) is 11.3. The van der Waals surface area contributed by atoms with Gasteiger partial charge in [0.25, 0.3) is 0 Å². The summed E-state index contributed by atoms with van der Waals surface area (Å²) < 4.78 is 29.7. The summed E-state index contributed by atoms with van der Waals surface area (Å²) in [5.74, 6) is 0.441. The lowest BCUT2D eigenvalue weighted by Crippen LogP contribution is -2.51. The largest absolute Gasteiger partial charge is 0.371 e. The molecular weight excluding hydrogens is 398 g/mol. The van der Waals surface area contributed by atoms with Crippen molar-refractivity contribution < 1.29 is 17.9 Å². The second-order valence-corrected chi connectivity index (χ2v) is 11.4. The lowest BCUT2D eigenvalue weighted by atomic mass is 9.94. The van der Waals surface area contributed by atoms with Crippen molar-refractivity contribution in [2.24, 2.45) is 0 Å². The first kappa shape index (κ1) is 24.9. The van der Waals surface area contributed by atoms with Gasteiger partial charge < -0.3 is 9.64 Å². The zero-order valence-electron chi connectivity index (χ0n) is 19.2. The Morgan fingerprint density at radius 1 is 1.10 bits per heavy atom. The van der Waals surface area contributed by atoms with E-state index >= 15 is 0 Å². The quantitative estimate of drug-likeness (QED) is 0.448. The van der Waals surface area contributed by atoms with Crippen molar-refractivity contribution in [3.05, 3.63) is 29.8 Å². The Balaban J connectivity index is 1.77. The van der Waals surface area contributed by atoms with E-state index in [-0.39, 0.29) is 22.4 Å². The van der Waals surface area contributed by atoms with Gasteiger partial charge in [-0.2, -0.15) is 0 Å². The van der Waals surface area contributed by atoms with Crippen LogP contribution in [0.25, 0.3) is 0 Å². The molecule has 1 fully saturated rings. The number of rotatable bonds is 12. The fraction of sp³-hybridized carbons (Fsp3) is 0.708. The summed E-state index contributed by atoms with van der Waals surface area (Å²) in [6.45, 7) is 10.4. The Morgan fingerprint density at radius 2 is 1.77 bits per heavy atom. The van der Waals surface area contributed by atoms with Gasteiger partial charge in [0.05, 0.1) is 23.2 Å². The van der Waals surface area contributed by atoms with Crippen LogP contribution in [-0.2, 0) is 25.8 Å². The summed E-state index contributed by atoms with van der Waals surface area (Å²) in [6, 6.07) is 8.33. The number of benzene rings is 1. The lowest BCUT2D eigenvalue weighted by Gasteiger charge is -2.43. The summed E-state index contributed by atoms with van der Waals surface area (Å²) in [7, 11) is -2.97. The van der Waals surface area contributed by atoms with E-state index in [0.29, 0.717) is 19.3 Å². The van der Waals surface area contributed by atoms with Gasteiger partial charge in [0.2, 0.25) is 0 Å². The van der Waals surface area contributed by atoms with Crippen molar-refractivity contribution in [3.63, 3.8) is 0 Å². The van der Waals surface area contributed by atoms with E-state index in [9.17, 15) is 13.2 Å². The van der Waals surface area contributed by atoms with Crippen LogP contribution in [-0.4, -0.2) is 50.5 Å². The van der Waals surface area contributed by atoms with Gasteiger partial charge >= 0.3 is 0 Å². The molecule has 5 nitrogen and oxygen atoms in total. The number of unbranched alkanes of at least 4 members (excludes halogenated alkanes) is 2. The normalized spacial score (nSPS) is 16.8. The minimum Gasteiger partial charge on any atom is -0.371 e. The zero-order valence-corrected chi connectivity index (χ0v) is 20.0. The van der Waals surface area contributed by atoms with Gasteiger partial charge in [-0.15, -0.1) is 0 Å². The van der Waals surface area contributed by atoms with Gasteiger partial charge in [-0.05, 0) is 57.2 Å². The van der Waals surface area contributed by atoms with E-state index in [4.69, 9.17) is 4.74 Å². The molecule has 1 aliphatic heterocycles. The first-order valence-corrected chi connectivity index (χ1v) is 13.1. The van der Waals surface area contributed by atoms with E-state index < -0.39 is 9.84 Å². The number of hydrogen-bond donors (Lipinski definition) is 0. The molecule has 0 N–H and O–H groups in total. The topological polar surface area (TPSA) is 63.7 Å². The third kappa shape index (κ3) is 7.09. The molecule has 1 aliphatic rings. The molecule has 0 aliphatic carbocycles. The van der Waals surface area contributed by atoms with Crippen molar-refractivity contribution >= 4 is 21.3 Å². The molecule has 0 saturated carbocycles. The van der Waals surface area contributed by atoms with E-state index in [1.807, 2.05) is 0 Å². The van der Waals surface area contributed by atoms with Gasteiger partial charge in [0, 0.05) is 31.6 Å². The Kier molecular flexibility index (Phi) is 9.35. The standard InChI is InChI=1S/C24H39NO4S/c1-5-24(6-2)19-25(15-16-29-24)22-13-11-21(12-14-22)18-23(26)10-8-7-9-17-30(27,28)20(3)4/h11-14,20H,5-10,15-19H2,1-4H3. The lowest BCUT2D eigenvalue weighted by molar-refractivity contribution is -0.118. The third-order valence-corrected chi connectivity index (χ3v) is 8.64. The van der Waals surface area contributed by atoms with Crippen molar-refractivity contribution in [1.29, 1.82) is 0 Å². The predicted molar refractivity (Wildman–Crippen MR) is 124 cm³/mol. The van der Waals surface area contributed by atoms with Crippen LogP contribution in [0.1, 0.15) is 71.8 Å². The molecule has 6 heteroatoms. The SMILES string of the molecule is CCC1(CC)CN(c2ccc(CC(=O)CCCCCS(=O)(=O)C(C)C)cc2)CCO1. The molecule has 0 bridgehead atoms. The van der Waals surface area contributed by atoms with Gasteiger partial charge in [-0.25, -0.2) is 8.42 Å². The van der Waals surface area contributed by atoms with Crippen LogP contribution in [0.5, 0.6) is 0 Å². The molecule has 0 aromatic heterocycles. The smallest absolute Gasteiger partial charge is 0.152 e. The van der Waals surface area contributed by atoms with Gasteiger partial charge in [-0.3, -0.25) is 4.79 Å². The summed E-state index contributed by atoms with van der Waals surface area (Å²) in [6.07, 6.45) is 5.16. The molecule has 1 aromatic rings. The molecule has 170 valence electrons. The molecule has 0 radical (unpaired) electrons. The van der Waals surface area contributed by atoms with Crippen LogP contribution in [0.3, 0.4) is 0 Å². The monoisotopic (exact) mass is 437 g/mol. The van der Waals surface area contributed by atoms with Crippen molar-refractivity contribution in [2.45, 2.75) is 83.5 Å². The first-order valence-electron chi connectivity index (χ1n) is 11.4. The predicted octanol–water partition coefficient (Wildman–Crippen LogP) is 4.58. The summed E-state index contributed by atoms with van der Waals surface area (Å²) in [5, 5.41) is -0.320. The van der Waals surface area contributed by atoms with Crippen molar-refractivity contribution in [3.8, 4) is 0 Å².